The van der Waals surface area contributed by atoms with Gasteiger partial charge in [0, 0.05) is 25.5 Å². The molecule has 2 aromatic carbocycles. The van der Waals surface area contributed by atoms with Crippen molar-refractivity contribution >= 4 is 31.8 Å². The van der Waals surface area contributed by atoms with Crippen LogP contribution in [0.3, 0.4) is 0 Å². The molecule has 0 spiro atoms. The molecule has 0 bridgehead atoms. The second-order valence-electron chi connectivity index (χ2n) is 5.25. The number of anilines is 2. The first-order valence-corrected chi connectivity index (χ1v) is 9.83. The van der Waals surface area contributed by atoms with Crippen LogP contribution in [0.1, 0.15) is 0 Å². The van der Waals surface area contributed by atoms with Crippen LogP contribution in [-0.4, -0.2) is 39.4 Å². The molecule has 0 aliphatic carbocycles. The summed E-state index contributed by atoms with van der Waals surface area (Å²) < 4.78 is 0. The number of para-hydroxylation sites is 2. The summed E-state index contributed by atoms with van der Waals surface area (Å²) in [6.45, 7) is 1.78. The summed E-state index contributed by atoms with van der Waals surface area (Å²) in [6, 6.07) is 20.9. The third-order valence-electron chi connectivity index (χ3n) is 3.30. The summed E-state index contributed by atoms with van der Waals surface area (Å²) in [6.07, 6.45) is 0. The Morgan fingerprint density at radius 3 is 1.30 bits per heavy atom. The Kier molecular flexibility index (Phi) is 10.1. The van der Waals surface area contributed by atoms with Crippen LogP contribution in [-0.2, 0) is 12.7 Å². The topological polar surface area (TPSA) is 9.72 Å². The van der Waals surface area contributed by atoms with Gasteiger partial charge >= 0.3 is 33.0 Å². The molecule has 6 heteroatoms. The van der Waals surface area contributed by atoms with E-state index >= 15 is 0 Å². The molecule has 0 aliphatic heterocycles. The fourth-order valence-electron chi connectivity index (χ4n) is 2.30. The number of nitrogens with zero attached hydrogens (tertiary/aromatic N) is 3. The number of benzene rings is 2. The van der Waals surface area contributed by atoms with Gasteiger partial charge < -0.3 is 9.80 Å². The molecule has 23 heavy (non-hydrogen) atoms. The van der Waals surface area contributed by atoms with Gasteiger partial charge in [0.15, 0.2) is 0 Å². The van der Waals surface area contributed by atoms with Gasteiger partial charge in [-0.25, -0.2) is 0 Å². The number of halogens is 2. The molecular formula is C17H23Cl2N3Ni+2. The molecule has 0 N–H and O–H groups in total. The molecule has 2 aromatic rings. The first kappa shape index (κ1) is 20.1. The van der Waals surface area contributed by atoms with Crippen LogP contribution in [0.25, 0.3) is 0 Å². The van der Waals surface area contributed by atoms with Crippen molar-refractivity contribution in [2.24, 2.45) is 0 Å². The molecule has 128 valence electrons. The van der Waals surface area contributed by atoms with E-state index in [0.717, 1.165) is 13.3 Å². The van der Waals surface area contributed by atoms with Gasteiger partial charge in [-0.3, -0.25) is 4.90 Å². The van der Waals surface area contributed by atoms with E-state index < -0.39 is 0 Å². The first-order valence-electron chi connectivity index (χ1n) is 7.11. The summed E-state index contributed by atoms with van der Waals surface area (Å²) in [5, 5.41) is 0. The van der Waals surface area contributed by atoms with Crippen LogP contribution in [0.4, 0.5) is 11.4 Å². The maximum absolute atomic E-state index is 4.70. The minimum atomic E-state index is 0.569. The summed E-state index contributed by atoms with van der Waals surface area (Å²) in [7, 11) is 15.8. The van der Waals surface area contributed by atoms with Crippen molar-refractivity contribution in [1.29, 1.82) is 0 Å². The van der Waals surface area contributed by atoms with E-state index in [-0.39, 0.29) is 0 Å². The number of hydrogen-bond donors (Lipinski definition) is 0. The Bertz CT molecular complexity index is 480. The van der Waals surface area contributed by atoms with Crippen molar-refractivity contribution in [2.45, 2.75) is 0 Å². The molecule has 0 aliphatic rings. The van der Waals surface area contributed by atoms with Gasteiger partial charge in [0.1, 0.15) is 0 Å². The zero-order chi connectivity index (χ0) is 17.1. The van der Waals surface area contributed by atoms with Gasteiger partial charge in [-0.1, -0.05) is 36.4 Å². The molecule has 0 saturated carbocycles. The van der Waals surface area contributed by atoms with Gasteiger partial charge in [-0.15, -0.1) is 0 Å². The van der Waals surface area contributed by atoms with Crippen molar-refractivity contribution in [3.05, 3.63) is 60.7 Å². The zero-order valence-corrected chi connectivity index (χ0v) is 16.1. The summed E-state index contributed by atoms with van der Waals surface area (Å²) in [4.78, 5) is 6.79. The van der Waals surface area contributed by atoms with Crippen LogP contribution >= 0.6 is 20.4 Å². The van der Waals surface area contributed by atoms with Crippen molar-refractivity contribution in [3.8, 4) is 0 Å². The molecule has 0 fully saturated rings. The van der Waals surface area contributed by atoms with Crippen LogP contribution in [0, 0.1) is 0 Å². The molecular weight excluding hydrogens is 376 g/mol. The molecule has 0 amide bonds. The Balaban J connectivity index is 0.000000816. The molecule has 3 nitrogen and oxygen atoms in total. The summed E-state index contributed by atoms with van der Waals surface area (Å²) in [5.74, 6) is 0. The Morgan fingerprint density at radius 2 is 1.00 bits per heavy atom. The Morgan fingerprint density at radius 1 is 0.696 bits per heavy atom. The van der Waals surface area contributed by atoms with Crippen molar-refractivity contribution in [1.82, 2.24) is 4.90 Å². The van der Waals surface area contributed by atoms with E-state index in [1.54, 1.807) is 0 Å². The van der Waals surface area contributed by atoms with Gasteiger partial charge in [-0.2, -0.15) is 0 Å². The molecule has 0 heterocycles. The van der Waals surface area contributed by atoms with Crippen LogP contribution in [0.2, 0.25) is 0 Å². The monoisotopic (exact) mass is 397 g/mol. The van der Waals surface area contributed by atoms with E-state index in [1.807, 2.05) is 12.1 Å². The minimum absolute atomic E-state index is 0.569. The quantitative estimate of drug-likeness (QED) is 0.524. The Hall–Kier alpha value is -0.926. The summed E-state index contributed by atoms with van der Waals surface area (Å²) >= 11 is 0.569. The van der Waals surface area contributed by atoms with E-state index in [0.29, 0.717) is 12.7 Å². The molecule has 0 saturated heterocycles. The van der Waals surface area contributed by atoms with Crippen LogP contribution < -0.4 is 9.80 Å². The molecule has 0 atom stereocenters. The van der Waals surface area contributed by atoms with Crippen molar-refractivity contribution < 1.29 is 12.7 Å². The van der Waals surface area contributed by atoms with Crippen molar-refractivity contribution in [3.63, 3.8) is 0 Å². The number of hydrogen-bond acceptors (Lipinski definition) is 3. The third kappa shape index (κ3) is 7.94. The van der Waals surface area contributed by atoms with E-state index in [9.17, 15) is 0 Å². The normalized spacial score (nSPS) is 10.2. The van der Waals surface area contributed by atoms with E-state index in [1.165, 1.54) is 11.4 Å². The Labute approximate surface area is 154 Å². The van der Waals surface area contributed by atoms with Gasteiger partial charge in [0.05, 0.1) is 13.3 Å². The molecule has 0 aromatic heterocycles. The third-order valence-corrected chi connectivity index (χ3v) is 3.30. The standard InChI is InChI=1S/C17H23N3.2ClH.Ni/c1-18(14-19(2)16-10-6-4-7-11-16)15-20(3)17-12-8-5-9-13-17;;;/h4-13H,14-15H2,1-3H3;2*1H;/q;;;+4/p-2. The number of rotatable bonds is 6. The van der Waals surface area contributed by atoms with Gasteiger partial charge in [0.2, 0.25) is 0 Å². The predicted octanol–water partition coefficient (Wildman–Crippen LogP) is 4.48. The fourth-order valence-corrected chi connectivity index (χ4v) is 2.30. The van der Waals surface area contributed by atoms with Crippen LogP contribution in [0.5, 0.6) is 0 Å². The van der Waals surface area contributed by atoms with Gasteiger partial charge in [0.25, 0.3) is 0 Å². The average Bonchev–Trinajstić information content (AvgIpc) is 2.57. The molecule has 0 radical (unpaired) electrons. The SMILES string of the molecule is CN(CN(C)c1ccccc1)CN(C)c1ccccc1.[Cl][Ni+2][Cl]. The second kappa shape index (κ2) is 11.6. The van der Waals surface area contributed by atoms with Crippen LogP contribution in [0.15, 0.2) is 60.7 Å². The molecule has 0 unspecified atom stereocenters. The average molecular weight is 399 g/mol. The second-order valence-corrected chi connectivity index (χ2v) is 6.88. The van der Waals surface area contributed by atoms with E-state index in [2.05, 4.69) is 84.4 Å². The molecule has 2 rings (SSSR count). The first-order chi connectivity index (χ1) is 11.1. The maximum atomic E-state index is 4.70. The predicted molar refractivity (Wildman–Crippen MR) is 98.9 cm³/mol. The van der Waals surface area contributed by atoms with Gasteiger partial charge in [-0.05, 0) is 31.3 Å². The van der Waals surface area contributed by atoms with Crippen molar-refractivity contribution in [2.75, 3.05) is 44.3 Å². The summed E-state index contributed by atoms with van der Waals surface area (Å²) in [5.41, 5.74) is 2.48. The van der Waals surface area contributed by atoms with E-state index in [4.69, 9.17) is 20.4 Å². The fraction of sp³-hybridized carbons (Fsp3) is 0.294. The zero-order valence-electron chi connectivity index (χ0n) is 13.6.